The van der Waals surface area contributed by atoms with E-state index in [4.69, 9.17) is 9.84 Å². The Kier molecular flexibility index (Phi) is 4.18. The molecule has 0 bridgehead atoms. The number of hydrogen-bond acceptors (Lipinski definition) is 3. The molecule has 0 aliphatic carbocycles. The summed E-state index contributed by atoms with van der Waals surface area (Å²) < 4.78 is 5.34. The van der Waals surface area contributed by atoms with E-state index < -0.39 is 5.97 Å². The van der Waals surface area contributed by atoms with Gasteiger partial charge in [-0.2, -0.15) is 0 Å². The van der Waals surface area contributed by atoms with Crippen molar-refractivity contribution in [2.75, 3.05) is 13.2 Å². The lowest BCUT2D eigenvalue weighted by Gasteiger charge is -2.11. The van der Waals surface area contributed by atoms with Crippen molar-refractivity contribution in [2.45, 2.75) is 38.3 Å². The quantitative estimate of drug-likeness (QED) is 0.619. The van der Waals surface area contributed by atoms with Crippen LogP contribution in [0.2, 0.25) is 0 Å². The molecule has 0 aromatic carbocycles. The SMILES string of the molecule is CCCOCC1CCC(C(=O)O)N1. The number of carbonyl (C=O) groups is 1. The number of carboxylic acid groups (broad SMARTS) is 1. The van der Waals surface area contributed by atoms with Crippen molar-refractivity contribution in [3.63, 3.8) is 0 Å². The van der Waals surface area contributed by atoms with Crippen molar-refractivity contribution < 1.29 is 14.6 Å². The van der Waals surface area contributed by atoms with Crippen LogP contribution in [0.1, 0.15) is 26.2 Å². The lowest BCUT2D eigenvalue weighted by atomic mass is 10.2. The monoisotopic (exact) mass is 187 g/mol. The van der Waals surface area contributed by atoms with E-state index in [1.54, 1.807) is 0 Å². The van der Waals surface area contributed by atoms with Gasteiger partial charge in [0.15, 0.2) is 0 Å². The third kappa shape index (κ3) is 3.32. The molecule has 2 N–H and O–H groups in total. The molecule has 1 aliphatic heterocycles. The van der Waals surface area contributed by atoms with Gasteiger partial charge >= 0.3 is 5.97 Å². The molecule has 2 unspecified atom stereocenters. The van der Waals surface area contributed by atoms with Crippen LogP contribution in [0, 0.1) is 0 Å². The van der Waals surface area contributed by atoms with Gasteiger partial charge < -0.3 is 9.84 Å². The molecule has 13 heavy (non-hydrogen) atoms. The van der Waals surface area contributed by atoms with E-state index in [2.05, 4.69) is 12.2 Å². The Morgan fingerprint density at radius 3 is 2.92 bits per heavy atom. The van der Waals surface area contributed by atoms with Gasteiger partial charge in [0.25, 0.3) is 0 Å². The van der Waals surface area contributed by atoms with Crippen molar-refractivity contribution in [2.24, 2.45) is 0 Å². The van der Waals surface area contributed by atoms with Gasteiger partial charge in [0, 0.05) is 12.6 Å². The van der Waals surface area contributed by atoms with Gasteiger partial charge in [0.05, 0.1) is 6.61 Å². The normalized spacial score (nSPS) is 27.8. The number of hydrogen-bond donors (Lipinski definition) is 2. The van der Waals surface area contributed by atoms with Crippen molar-refractivity contribution in [1.82, 2.24) is 5.32 Å². The van der Waals surface area contributed by atoms with Crippen LogP contribution >= 0.6 is 0 Å². The van der Waals surface area contributed by atoms with Gasteiger partial charge in [-0.3, -0.25) is 10.1 Å². The summed E-state index contributed by atoms with van der Waals surface area (Å²) in [5.74, 6) is -0.752. The van der Waals surface area contributed by atoms with Crippen LogP contribution < -0.4 is 5.32 Å². The van der Waals surface area contributed by atoms with E-state index in [-0.39, 0.29) is 12.1 Å². The molecule has 0 amide bonds. The molecule has 1 saturated heterocycles. The van der Waals surface area contributed by atoms with Gasteiger partial charge in [-0.05, 0) is 19.3 Å². The summed E-state index contributed by atoms with van der Waals surface area (Å²) in [6.07, 6.45) is 2.63. The van der Waals surface area contributed by atoms with Gasteiger partial charge in [0.2, 0.25) is 0 Å². The topological polar surface area (TPSA) is 58.6 Å². The van der Waals surface area contributed by atoms with Crippen LogP contribution in [0.25, 0.3) is 0 Å². The fourth-order valence-corrected chi connectivity index (χ4v) is 1.52. The number of ether oxygens (including phenoxy) is 1. The summed E-state index contributed by atoms with van der Waals surface area (Å²) in [6, 6.07) is -0.136. The first-order chi connectivity index (χ1) is 6.24. The van der Waals surface area contributed by atoms with Crippen LogP contribution in [-0.4, -0.2) is 36.4 Å². The summed E-state index contributed by atoms with van der Waals surface area (Å²) in [6.45, 7) is 3.45. The maximum absolute atomic E-state index is 10.6. The van der Waals surface area contributed by atoms with Gasteiger partial charge in [-0.15, -0.1) is 0 Å². The van der Waals surface area contributed by atoms with Crippen molar-refractivity contribution in [3.8, 4) is 0 Å². The average molecular weight is 187 g/mol. The van der Waals surface area contributed by atoms with Crippen LogP contribution in [0.4, 0.5) is 0 Å². The molecule has 1 rings (SSSR count). The predicted molar refractivity (Wildman–Crippen MR) is 48.7 cm³/mol. The predicted octanol–water partition coefficient (Wildman–Crippen LogP) is 0.618. The zero-order chi connectivity index (χ0) is 9.68. The summed E-state index contributed by atoms with van der Waals surface area (Å²) in [7, 11) is 0. The second-order valence-corrected chi connectivity index (χ2v) is 3.41. The molecular weight excluding hydrogens is 170 g/mol. The number of nitrogens with one attached hydrogen (secondary N) is 1. The highest BCUT2D eigenvalue weighted by molar-refractivity contribution is 5.73. The van der Waals surface area contributed by atoms with Gasteiger partial charge in [-0.25, -0.2) is 0 Å². The molecule has 1 fully saturated rings. The molecule has 4 nitrogen and oxygen atoms in total. The molecule has 0 radical (unpaired) electrons. The number of rotatable bonds is 5. The number of carboxylic acids is 1. The Morgan fingerprint density at radius 2 is 2.38 bits per heavy atom. The molecule has 76 valence electrons. The fourth-order valence-electron chi connectivity index (χ4n) is 1.52. The van der Waals surface area contributed by atoms with Crippen molar-refractivity contribution in [1.29, 1.82) is 0 Å². The van der Waals surface area contributed by atoms with Crippen LogP contribution in [-0.2, 0) is 9.53 Å². The van der Waals surface area contributed by atoms with E-state index in [0.717, 1.165) is 25.9 Å². The molecule has 1 aliphatic rings. The van der Waals surface area contributed by atoms with E-state index >= 15 is 0 Å². The summed E-state index contributed by atoms with van der Waals surface area (Å²) in [5.41, 5.74) is 0. The smallest absolute Gasteiger partial charge is 0.320 e. The first-order valence-electron chi connectivity index (χ1n) is 4.80. The maximum atomic E-state index is 10.6. The molecule has 0 spiro atoms. The zero-order valence-corrected chi connectivity index (χ0v) is 7.95. The summed E-state index contributed by atoms with van der Waals surface area (Å²) >= 11 is 0. The van der Waals surface area contributed by atoms with E-state index in [1.165, 1.54) is 0 Å². The summed E-state index contributed by atoms with van der Waals surface area (Å²) in [5, 5.41) is 11.7. The highest BCUT2D eigenvalue weighted by Crippen LogP contribution is 2.12. The highest BCUT2D eigenvalue weighted by Gasteiger charge is 2.28. The molecule has 0 aromatic rings. The van der Waals surface area contributed by atoms with Crippen molar-refractivity contribution >= 4 is 5.97 Å². The first kappa shape index (κ1) is 10.5. The minimum atomic E-state index is -0.752. The van der Waals surface area contributed by atoms with E-state index in [0.29, 0.717) is 6.61 Å². The van der Waals surface area contributed by atoms with Gasteiger partial charge in [0.1, 0.15) is 6.04 Å². The maximum Gasteiger partial charge on any atom is 0.320 e. The molecule has 2 atom stereocenters. The highest BCUT2D eigenvalue weighted by atomic mass is 16.5. The Balaban J connectivity index is 2.14. The average Bonchev–Trinajstić information content (AvgIpc) is 2.53. The molecule has 0 saturated carbocycles. The molecule has 0 aromatic heterocycles. The van der Waals surface area contributed by atoms with E-state index in [1.807, 2.05) is 0 Å². The van der Waals surface area contributed by atoms with Gasteiger partial charge in [-0.1, -0.05) is 6.92 Å². The fraction of sp³-hybridized carbons (Fsp3) is 0.889. The van der Waals surface area contributed by atoms with E-state index in [9.17, 15) is 4.79 Å². The Hall–Kier alpha value is -0.610. The largest absolute Gasteiger partial charge is 0.480 e. The Morgan fingerprint density at radius 1 is 1.62 bits per heavy atom. The first-order valence-corrected chi connectivity index (χ1v) is 4.80. The third-order valence-corrected chi connectivity index (χ3v) is 2.21. The van der Waals surface area contributed by atoms with Crippen LogP contribution in [0.5, 0.6) is 0 Å². The lowest BCUT2D eigenvalue weighted by molar-refractivity contribution is -0.139. The second kappa shape index (κ2) is 5.19. The second-order valence-electron chi connectivity index (χ2n) is 3.41. The van der Waals surface area contributed by atoms with Crippen LogP contribution in [0.15, 0.2) is 0 Å². The number of aliphatic carboxylic acids is 1. The summed E-state index contributed by atoms with van der Waals surface area (Å²) in [4.78, 5) is 10.6. The van der Waals surface area contributed by atoms with Crippen LogP contribution in [0.3, 0.4) is 0 Å². The zero-order valence-electron chi connectivity index (χ0n) is 7.95. The molecule has 4 heteroatoms. The molecule has 1 heterocycles. The third-order valence-electron chi connectivity index (χ3n) is 2.21. The minimum Gasteiger partial charge on any atom is -0.480 e. The molecular formula is C9H17NO3. The lowest BCUT2D eigenvalue weighted by Crippen LogP contribution is -2.37. The Bertz CT molecular complexity index is 172. The minimum absolute atomic E-state index is 0.229. The van der Waals surface area contributed by atoms with Crippen molar-refractivity contribution in [3.05, 3.63) is 0 Å². The standard InChI is InChI=1S/C9H17NO3/c1-2-5-13-6-7-3-4-8(10-7)9(11)12/h7-8,10H,2-6H2,1H3,(H,11,12). The Labute approximate surface area is 78.3 Å².